The topological polar surface area (TPSA) is 64.5 Å². The number of fused-ring (bicyclic) bond motifs is 4. The molecular weight excluding hydrogens is 595 g/mol. The van der Waals surface area contributed by atoms with Crippen LogP contribution < -0.4 is 0 Å². The highest BCUT2D eigenvalue weighted by Gasteiger charge is 2.15. The lowest BCUT2D eigenvalue weighted by Gasteiger charge is -2.11. The molecule has 0 aliphatic rings. The minimum Gasteiger partial charge on any atom is -0.254 e. The molecule has 4 heterocycles. The Morgan fingerprint density at radius 1 is 0.383 bits per heavy atom. The smallest absolute Gasteiger partial charge is 0.164 e. The van der Waals surface area contributed by atoms with Crippen molar-refractivity contribution >= 4 is 42.4 Å². The van der Waals surface area contributed by atoms with E-state index in [9.17, 15) is 0 Å². The molecule has 5 nitrogen and oxygen atoms in total. The third-order valence-corrected chi connectivity index (χ3v) is 9.53. The number of nitrogens with zero attached hydrogens (tertiary/aromatic N) is 5. The van der Waals surface area contributed by atoms with Crippen molar-refractivity contribution in [2.24, 2.45) is 0 Å². The molecule has 47 heavy (non-hydrogen) atoms. The van der Waals surface area contributed by atoms with Crippen LogP contribution >= 0.6 is 11.3 Å². The minimum absolute atomic E-state index is 0.636. The average molecular weight is 620 g/mol. The molecule has 0 saturated heterocycles. The van der Waals surface area contributed by atoms with Crippen molar-refractivity contribution < 1.29 is 0 Å². The van der Waals surface area contributed by atoms with Gasteiger partial charge in [-0.05, 0) is 40.8 Å². The first kappa shape index (κ1) is 27.2. The molecule has 0 fully saturated rings. The summed E-state index contributed by atoms with van der Waals surface area (Å²) in [6, 6.07) is 49.8. The summed E-state index contributed by atoms with van der Waals surface area (Å²) in [5, 5.41) is 4.62. The van der Waals surface area contributed by atoms with Crippen LogP contribution in [-0.4, -0.2) is 24.9 Å². The number of hydrogen-bond donors (Lipinski definition) is 0. The van der Waals surface area contributed by atoms with Gasteiger partial charge in [-0.1, -0.05) is 121 Å². The first-order valence-corrected chi connectivity index (χ1v) is 16.2. The molecule has 0 amide bonds. The number of rotatable bonds is 5. The van der Waals surface area contributed by atoms with E-state index in [1.165, 1.54) is 15.5 Å². The normalized spacial score (nSPS) is 11.4. The molecule has 0 bridgehead atoms. The SMILES string of the molecule is c1ccc(-c2nc(-c3ccccc3)nc(-c3ccc(-c4cccc5c(-c6ccc7c(n6)sc6ccccc67)nccc45)cc3)n2)cc1. The minimum atomic E-state index is 0.636. The summed E-state index contributed by atoms with van der Waals surface area (Å²) in [5.41, 5.74) is 6.82. The lowest BCUT2D eigenvalue weighted by atomic mass is 9.96. The largest absolute Gasteiger partial charge is 0.254 e. The van der Waals surface area contributed by atoms with Gasteiger partial charge in [0.1, 0.15) is 4.83 Å². The highest BCUT2D eigenvalue weighted by atomic mass is 32.1. The Labute approximate surface area is 275 Å². The molecule has 0 N–H and O–H groups in total. The quantitative estimate of drug-likeness (QED) is 0.192. The summed E-state index contributed by atoms with van der Waals surface area (Å²) in [6.07, 6.45) is 1.88. The van der Waals surface area contributed by atoms with Gasteiger partial charge in [0.15, 0.2) is 17.5 Å². The Morgan fingerprint density at radius 2 is 0.979 bits per heavy atom. The molecule has 0 aliphatic carbocycles. The molecule has 0 atom stereocenters. The first-order chi connectivity index (χ1) is 23.3. The van der Waals surface area contributed by atoms with Crippen molar-refractivity contribution in [1.82, 2.24) is 24.9 Å². The molecular formula is C41H25N5S. The van der Waals surface area contributed by atoms with Gasteiger partial charge in [-0.15, -0.1) is 11.3 Å². The Hall–Kier alpha value is -6.11. The third kappa shape index (κ3) is 4.92. The van der Waals surface area contributed by atoms with E-state index in [0.717, 1.165) is 54.8 Å². The van der Waals surface area contributed by atoms with Gasteiger partial charge in [-0.3, -0.25) is 4.98 Å². The molecule has 6 heteroatoms. The fourth-order valence-corrected chi connectivity index (χ4v) is 7.21. The maximum absolute atomic E-state index is 5.08. The Kier molecular flexibility index (Phi) is 6.58. The fourth-order valence-electron chi connectivity index (χ4n) is 6.14. The highest BCUT2D eigenvalue weighted by Crippen LogP contribution is 2.37. The molecule has 0 spiro atoms. The van der Waals surface area contributed by atoms with Crippen LogP contribution in [0.25, 0.3) is 87.8 Å². The Morgan fingerprint density at radius 3 is 1.68 bits per heavy atom. The molecule has 0 radical (unpaired) electrons. The van der Waals surface area contributed by atoms with Crippen molar-refractivity contribution in [3.63, 3.8) is 0 Å². The summed E-state index contributed by atoms with van der Waals surface area (Å²) in [4.78, 5) is 25.5. The number of benzene rings is 5. The van der Waals surface area contributed by atoms with Gasteiger partial charge in [0, 0.05) is 43.7 Å². The van der Waals surface area contributed by atoms with Crippen molar-refractivity contribution in [3.05, 3.63) is 152 Å². The third-order valence-electron chi connectivity index (χ3n) is 8.45. The second kappa shape index (κ2) is 11.4. The zero-order chi connectivity index (χ0) is 31.2. The van der Waals surface area contributed by atoms with Crippen molar-refractivity contribution in [1.29, 1.82) is 0 Å². The molecule has 9 rings (SSSR count). The van der Waals surface area contributed by atoms with Gasteiger partial charge < -0.3 is 0 Å². The van der Waals surface area contributed by atoms with E-state index >= 15 is 0 Å². The van der Waals surface area contributed by atoms with Gasteiger partial charge in [-0.2, -0.15) is 0 Å². The standard InChI is InChI=1S/C41H25N5S/c1-3-10-27(11-4-1)38-44-39(28-12-5-2-6-13-28)46-40(45-38)29-20-18-26(19-21-29)30-15-9-16-33-31(30)24-25-42-37(33)35-23-22-34-32-14-7-8-17-36(32)47-41(34)43-35/h1-25H. The average Bonchev–Trinajstić information content (AvgIpc) is 3.53. The lowest BCUT2D eigenvalue weighted by molar-refractivity contribution is 1.07. The van der Waals surface area contributed by atoms with Gasteiger partial charge in [0.2, 0.25) is 0 Å². The molecule has 220 valence electrons. The van der Waals surface area contributed by atoms with Gasteiger partial charge in [-0.25, -0.2) is 19.9 Å². The maximum atomic E-state index is 5.08. The van der Waals surface area contributed by atoms with E-state index in [1.54, 1.807) is 11.3 Å². The van der Waals surface area contributed by atoms with Gasteiger partial charge in [0.25, 0.3) is 0 Å². The van der Waals surface area contributed by atoms with E-state index in [4.69, 9.17) is 24.9 Å². The summed E-state index contributed by atoms with van der Waals surface area (Å²) in [7, 11) is 0. The second-order valence-electron chi connectivity index (χ2n) is 11.3. The molecule has 9 aromatic rings. The van der Waals surface area contributed by atoms with Crippen LogP contribution in [0.2, 0.25) is 0 Å². The monoisotopic (exact) mass is 619 g/mol. The Balaban J connectivity index is 1.11. The Bertz CT molecular complexity index is 2500. The van der Waals surface area contributed by atoms with Crippen LogP contribution in [0.4, 0.5) is 0 Å². The zero-order valence-electron chi connectivity index (χ0n) is 25.1. The maximum Gasteiger partial charge on any atom is 0.164 e. The number of thiophene rings is 1. The van der Waals surface area contributed by atoms with Crippen LogP contribution in [0.3, 0.4) is 0 Å². The van der Waals surface area contributed by atoms with E-state index in [1.807, 2.05) is 66.9 Å². The fraction of sp³-hybridized carbons (Fsp3) is 0. The summed E-state index contributed by atoms with van der Waals surface area (Å²) >= 11 is 1.72. The molecule has 0 saturated carbocycles. The van der Waals surface area contributed by atoms with Crippen LogP contribution in [0.15, 0.2) is 152 Å². The molecule has 0 aliphatic heterocycles. The highest BCUT2D eigenvalue weighted by molar-refractivity contribution is 7.25. The van der Waals surface area contributed by atoms with Crippen molar-refractivity contribution in [2.45, 2.75) is 0 Å². The van der Waals surface area contributed by atoms with Crippen molar-refractivity contribution in [3.8, 4) is 56.7 Å². The lowest BCUT2D eigenvalue weighted by Crippen LogP contribution is -2.00. The summed E-state index contributed by atoms with van der Waals surface area (Å²) < 4.78 is 1.24. The first-order valence-electron chi connectivity index (χ1n) is 15.4. The summed E-state index contributed by atoms with van der Waals surface area (Å²) in [6.45, 7) is 0. The number of pyridine rings is 2. The van der Waals surface area contributed by atoms with Crippen LogP contribution in [0, 0.1) is 0 Å². The number of aromatic nitrogens is 5. The number of hydrogen-bond acceptors (Lipinski definition) is 6. The van der Waals surface area contributed by atoms with Crippen LogP contribution in [0.1, 0.15) is 0 Å². The predicted octanol–water partition coefficient (Wildman–Crippen LogP) is 10.5. The molecule has 0 unspecified atom stereocenters. The van der Waals surface area contributed by atoms with E-state index < -0.39 is 0 Å². The van der Waals surface area contributed by atoms with E-state index in [0.29, 0.717) is 17.5 Å². The van der Waals surface area contributed by atoms with Crippen LogP contribution in [0.5, 0.6) is 0 Å². The van der Waals surface area contributed by atoms with Gasteiger partial charge in [0.05, 0.1) is 11.4 Å². The molecule has 4 aromatic heterocycles. The predicted molar refractivity (Wildman–Crippen MR) is 193 cm³/mol. The molecule has 5 aromatic carbocycles. The summed E-state index contributed by atoms with van der Waals surface area (Å²) in [5.74, 6) is 1.93. The van der Waals surface area contributed by atoms with E-state index in [2.05, 4.69) is 84.9 Å². The second-order valence-corrected chi connectivity index (χ2v) is 12.4. The van der Waals surface area contributed by atoms with Crippen LogP contribution in [-0.2, 0) is 0 Å². The zero-order valence-corrected chi connectivity index (χ0v) is 25.9. The van der Waals surface area contributed by atoms with Crippen molar-refractivity contribution in [2.75, 3.05) is 0 Å². The van der Waals surface area contributed by atoms with E-state index in [-0.39, 0.29) is 0 Å². The van der Waals surface area contributed by atoms with Gasteiger partial charge >= 0.3 is 0 Å².